The van der Waals surface area contributed by atoms with Gasteiger partial charge in [0, 0.05) is 0 Å². The molecule has 1 amide bonds. The van der Waals surface area contributed by atoms with Crippen molar-refractivity contribution in [1.29, 1.82) is 0 Å². The molecule has 23 heavy (non-hydrogen) atoms. The van der Waals surface area contributed by atoms with Gasteiger partial charge in [0.25, 0.3) is 0 Å². The molecule has 0 fully saturated rings. The maximum atomic E-state index is 12.0. The van der Waals surface area contributed by atoms with E-state index in [0.29, 0.717) is 15.7 Å². The fraction of sp³-hybridized carbons (Fsp3) is 0.125. The number of rotatable bonds is 4. The van der Waals surface area contributed by atoms with E-state index in [0.717, 1.165) is 11.3 Å². The molecule has 0 spiro atoms. The van der Waals surface area contributed by atoms with E-state index in [1.165, 1.54) is 0 Å². The largest absolute Gasteiger partial charge is 0.497 e. The van der Waals surface area contributed by atoms with Crippen LogP contribution < -0.4 is 15.4 Å². The number of para-hydroxylation sites is 1. The number of thiocarbonyl (C=S) groups is 1. The van der Waals surface area contributed by atoms with Crippen molar-refractivity contribution in [3.05, 3.63) is 58.1 Å². The molecule has 120 valence electrons. The number of nitrogens with one attached hydrogen (secondary N) is 2. The molecule has 2 rings (SSSR count). The van der Waals surface area contributed by atoms with Gasteiger partial charge in [0.1, 0.15) is 5.75 Å². The van der Waals surface area contributed by atoms with Crippen molar-refractivity contribution >= 4 is 52.1 Å². The van der Waals surface area contributed by atoms with E-state index >= 15 is 0 Å². The lowest BCUT2D eigenvalue weighted by molar-refractivity contribution is -0.119. The normalized spacial score (nSPS) is 10.0. The molecule has 0 saturated carbocycles. The molecular formula is C16H14Cl2N2O2S. The third-order valence-electron chi connectivity index (χ3n) is 2.98. The molecule has 0 aliphatic carbocycles. The standard InChI is InChI=1S/C16H14Cl2N2O2S/c1-22-11-7-5-10(6-8-11)9-14(21)19-16(23)20-15-12(17)3-2-4-13(15)18/h2-8H,9H2,1H3,(H2,19,20,21,23). The second kappa shape index (κ2) is 8.15. The molecule has 2 aromatic carbocycles. The van der Waals surface area contributed by atoms with E-state index in [-0.39, 0.29) is 17.4 Å². The van der Waals surface area contributed by atoms with Gasteiger partial charge in [-0.2, -0.15) is 0 Å². The summed E-state index contributed by atoms with van der Waals surface area (Å²) in [4.78, 5) is 12.0. The predicted octanol–water partition coefficient (Wildman–Crippen LogP) is 4.06. The number of halogens is 2. The van der Waals surface area contributed by atoms with E-state index in [9.17, 15) is 4.79 Å². The van der Waals surface area contributed by atoms with Crippen molar-refractivity contribution < 1.29 is 9.53 Å². The summed E-state index contributed by atoms with van der Waals surface area (Å²) < 4.78 is 5.07. The number of carbonyl (C=O) groups is 1. The monoisotopic (exact) mass is 368 g/mol. The Hall–Kier alpha value is -1.82. The highest BCUT2D eigenvalue weighted by Crippen LogP contribution is 2.29. The third kappa shape index (κ3) is 5.10. The van der Waals surface area contributed by atoms with Crippen molar-refractivity contribution in [3.8, 4) is 5.75 Å². The topological polar surface area (TPSA) is 50.4 Å². The molecule has 0 aromatic heterocycles. The molecule has 2 N–H and O–H groups in total. The van der Waals surface area contributed by atoms with Crippen LogP contribution in [-0.2, 0) is 11.2 Å². The minimum absolute atomic E-state index is 0.138. The fourth-order valence-corrected chi connectivity index (χ4v) is 2.57. The first-order valence-corrected chi connectivity index (χ1v) is 7.84. The molecule has 0 unspecified atom stereocenters. The first-order chi connectivity index (χ1) is 11.0. The third-order valence-corrected chi connectivity index (χ3v) is 3.81. The number of carbonyl (C=O) groups excluding carboxylic acids is 1. The first kappa shape index (κ1) is 17.5. The van der Waals surface area contributed by atoms with Crippen molar-refractivity contribution in [1.82, 2.24) is 5.32 Å². The molecule has 0 atom stereocenters. The van der Waals surface area contributed by atoms with Gasteiger partial charge in [-0.15, -0.1) is 0 Å². The Bertz CT molecular complexity index is 700. The van der Waals surface area contributed by atoms with Crippen LogP contribution in [0.15, 0.2) is 42.5 Å². The summed E-state index contributed by atoms with van der Waals surface area (Å²) in [5.41, 5.74) is 1.31. The lowest BCUT2D eigenvalue weighted by atomic mass is 10.1. The van der Waals surface area contributed by atoms with Gasteiger partial charge in [0.2, 0.25) is 5.91 Å². The maximum absolute atomic E-state index is 12.0. The van der Waals surface area contributed by atoms with Crippen LogP contribution in [0.4, 0.5) is 5.69 Å². The maximum Gasteiger partial charge on any atom is 0.230 e. The molecule has 0 radical (unpaired) electrons. The Balaban J connectivity index is 1.93. The van der Waals surface area contributed by atoms with Crippen LogP contribution in [0.25, 0.3) is 0 Å². The van der Waals surface area contributed by atoms with Crippen LogP contribution in [0.2, 0.25) is 10.0 Å². The Morgan fingerprint density at radius 2 is 1.74 bits per heavy atom. The van der Waals surface area contributed by atoms with Gasteiger partial charge in [-0.3, -0.25) is 4.79 Å². The number of benzene rings is 2. The SMILES string of the molecule is COc1ccc(CC(=O)NC(=S)Nc2c(Cl)cccc2Cl)cc1. The van der Waals surface area contributed by atoms with E-state index < -0.39 is 0 Å². The van der Waals surface area contributed by atoms with Crippen LogP contribution >= 0.6 is 35.4 Å². The number of amides is 1. The molecule has 7 heteroatoms. The van der Waals surface area contributed by atoms with Gasteiger partial charge in [-0.1, -0.05) is 41.4 Å². The summed E-state index contributed by atoms with van der Waals surface area (Å²) >= 11 is 17.2. The smallest absolute Gasteiger partial charge is 0.230 e. The summed E-state index contributed by atoms with van der Waals surface area (Å²) in [6.45, 7) is 0. The lowest BCUT2D eigenvalue weighted by Crippen LogP contribution is -2.35. The Labute approximate surface area is 149 Å². The van der Waals surface area contributed by atoms with Crippen LogP contribution in [0.5, 0.6) is 5.75 Å². The van der Waals surface area contributed by atoms with Crippen molar-refractivity contribution in [2.24, 2.45) is 0 Å². The summed E-state index contributed by atoms with van der Waals surface area (Å²) in [5, 5.41) is 6.40. The molecule has 0 heterocycles. The molecule has 2 aromatic rings. The molecule has 0 bridgehead atoms. The Morgan fingerprint density at radius 1 is 1.13 bits per heavy atom. The quantitative estimate of drug-likeness (QED) is 0.799. The van der Waals surface area contributed by atoms with Crippen LogP contribution in [0.1, 0.15) is 5.56 Å². The van der Waals surface area contributed by atoms with Gasteiger partial charge in [-0.25, -0.2) is 0 Å². The minimum Gasteiger partial charge on any atom is -0.497 e. The highest BCUT2D eigenvalue weighted by atomic mass is 35.5. The van der Waals surface area contributed by atoms with E-state index in [4.69, 9.17) is 40.2 Å². The van der Waals surface area contributed by atoms with Crippen molar-refractivity contribution in [2.75, 3.05) is 12.4 Å². The zero-order valence-electron chi connectivity index (χ0n) is 12.2. The number of hydrogen-bond donors (Lipinski definition) is 2. The Morgan fingerprint density at radius 3 is 2.30 bits per heavy atom. The summed E-state index contributed by atoms with van der Waals surface area (Å²) in [6.07, 6.45) is 0.196. The van der Waals surface area contributed by atoms with Gasteiger partial charge in [-0.05, 0) is 42.0 Å². The highest BCUT2D eigenvalue weighted by molar-refractivity contribution is 7.80. The average molecular weight is 369 g/mol. The second-order valence-corrected chi connectivity index (χ2v) is 5.85. The summed E-state index contributed by atoms with van der Waals surface area (Å²) in [7, 11) is 1.59. The van der Waals surface area contributed by atoms with Crippen molar-refractivity contribution in [3.63, 3.8) is 0 Å². The summed E-state index contributed by atoms with van der Waals surface area (Å²) in [5.74, 6) is 0.496. The number of hydrogen-bond acceptors (Lipinski definition) is 3. The van der Waals surface area contributed by atoms with Gasteiger partial charge < -0.3 is 15.4 Å². The van der Waals surface area contributed by atoms with Crippen LogP contribution in [0, 0.1) is 0 Å². The average Bonchev–Trinajstić information content (AvgIpc) is 2.51. The minimum atomic E-state index is -0.240. The van der Waals surface area contributed by atoms with E-state index in [1.807, 2.05) is 12.1 Å². The zero-order chi connectivity index (χ0) is 16.8. The van der Waals surface area contributed by atoms with Crippen LogP contribution in [-0.4, -0.2) is 18.1 Å². The molecule has 0 aliphatic rings. The second-order valence-electron chi connectivity index (χ2n) is 4.62. The first-order valence-electron chi connectivity index (χ1n) is 6.67. The molecule has 0 aliphatic heterocycles. The van der Waals surface area contributed by atoms with Crippen LogP contribution in [0.3, 0.4) is 0 Å². The lowest BCUT2D eigenvalue weighted by Gasteiger charge is -2.12. The Kier molecular flexibility index (Phi) is 6.21. The number of ether oxygens (including phenoxy) is 1. The fourth-order valence-electron chi connectivity index (χ4n) is 1.86. The number of methoxy groups -OCH3 is 1. The van der Waals surface area contributed by atoms with Crippen molar-refractivity contribution in [2.45, 2.75) is 6.42 Å². The van der Waals surface area contributed by atoms with Gasteiger partial charge >= 0.3 is 0 Å². The molecule has 0 saturated heterocycles. The number of anilines is 1. The van der Waals surface area contributed by atoms with E-state index in [2.05, 4.69) is 10.6 Å². The summed E-state index contributed by atoms with van der Waals surface area (Å²) in [6, 6.07) is 12.3. The molecule has 4 nitrogen and oxygen atoms in total. The zero-order valence-corrected chi connectivity index (χ0v) is 14.6. The molecular weight excluding hydrogens is 355 g/mol. The predicted molar refractivity (Wildman–Crippen MR) is 97.5 cm³/mol. The highest BCUT2D eigenvalue weighted by Gasteiger charge is 2.10. The van der Waals surface area contributed by atoms with Gasteiger partial charge in [0.05, 0.1) is 29.3 Å². The van der Waals surface area contributed by atoms with E-state index in [1.54, 1.807) is 37.4 Å². The van der Waals surface area contributed by atoms with Gasteiger partial charge in [0.15, 0.2) is 5.11 Å².